The van der Waals surface area contributed by atoms with E-state index in [1.807, 2.05) is 0 Å². The molecule has 20 heavy (non-hydrogen) atoms. The predicted molar refractivity (Wildman–Crippen MR) is 74.7 cm³/mol. The summed E-state index contributed by atoms with van der Waals surface area (Å²) in [6.07, 6.45) is 0. The molecular formula is C15H14ClFO3. The van der Waals surface area contributed by atoms with Crippen molar-refractivity contribution in [3.05, 3.63) is 58.4 Å². The van der Waals surface area contributed by atoms with Gasteiger partial charge in [-0.05, 0) is 29.8 Å². The Morgan fingerprint density at radius 3 is 2.60 bits per heavy atom. The lowest BCUT2D eigenvalue weighted by molar-refractivity contribution is 0.272. The molecule has 0 unspecified atom stereocenters. The molecule has 0 radical (unpaired) electrons. The molecule has 0 atom stereocenters. The highest BCUT2D eigenvalue weighted by molar-refractivity contribution is 6.30. The number of aliphatic hydroxyl groups is 1. The van der Waals surface area contributed by atoms with Crippen molar-refractivity contribution in [3.8, 4) is 11.5 Å². The molecule has 0 aliphatic carbocycles. The number of benzene rings is 2. The van der Waals surface area contributed by atoms with Gasteiger partial charge in [0.25, 0.3) is 0 Å². The van der Waals surface area contributed by atoms with Crippen LogP contribution in [0.3, 0.4) is 0 Å². The fraction of sp³-hybridized carbons (Fsp3) is 0.200. The Kier molecular flexibility index (Phi) is 4.82. The second-order valence-corrected chi connectivity index (χ2v) is 4.60. The smallest absolute Gasteiger partial charge is 0.161 e. The van der Waals surface area contributed by atoms with Crippen molar-refractivity contribution in [2.75, 3.05) is 7.11 Å². The third kappa shape index (κ3) is 3.40. The van der Waals surface area contributed by atoms with Gasteiger partial charge < -0.3 is 14.6 Å². The molecule has 0 aliphatic heterocycles. The molecule has 0 fully saturated rings. The number of halogens is 2. The van der Waals surface area contributed by atoms with Gasteiger partial charge in [0, 0.05) is 10.6 Å². The molecule has 1 N–H and O–H groups in total. The Morgan fingerprint density at radius 1 is 1.15 bits per heavy atom. The predicted octanol–water partition coefficient (Wildman–Crippen LogP) is 3.56. The molecule has 0 aliphatic rings. The van der Waals surface area contributed by atoms with Crippen molar-refractivity contribution >= 4 is 11.6 Å². The van der Waals surface area contributed by atoms with Crippen LogP contribution in [0.1, 0.15) is 11.1 Å². The highest BCUT2D eigenvalue weighted by Crippen LogP contribution is 2.29. The van der Waals surface area contributed by atoms with Crippen molar-refractivity contribution < 1.29 is 19.0 Å². The van der Waals surface area contributed by atoms with Gasteiger partial charge in [0.05, 0.1) is 13.7 Å². The maximum Gasteiger partial charge on any atom is 0.161 e. The molecule has 0 heterocycles. The van der Waals surface area contributed by atoms with Crippen molar-refractivity contribution in [2.24, 2.45) is 0 Å². The van der Waals surface area contributed by atoms with Crippen molar-refractivity contribution in [3.63, 3.8) is 0 Å². The molecule has 5 heteroatoms. The number of hydrogen-bond donors (Lipinski definition) is 1. The van der Waals surface area contributed by atoms with Crippen LogP contribution in [0.25, 0.3) is 0 Å². The Labute approximate surface area is 121 Å². The van der Waals surface area contributed by atoms with Gasteiger partial charge in [-0.15, -0.1) is 0 Å². The fourth-order valence-electron chi connectivity index (χ4n) is 1.72. The van der Waals surface area contributed by atoms with Gasteiger partial charge in [0.15, 0.2) is 11.5 Å². The summed E-state index contributed by atoms with van der Waals surface area (Å²) in [4.78, 5) is 0. The average Bonchev–Trinajstić information content (AvgIpc) is 2.46. The van der Waals surface area contributed by atoms with E-state index in [0.29, 0.717) is 27.6 Å². The highest BCUT2D eigenvalue weighted by Gasteiger charge is 2.08. The van der Waals surface area contributed by atoms with E-state index in [4.69, 9.17) is 26.2 Å². The standard InChI is InChI=1S/C15H14ClFO3/c1-19-15-6-10(8-18)2-5-14(15)20-9-11-3-4-12(16)7-13(11)17/h2-7,18H,8-9H2,1H3. The molecule has 106 valence electrons. The lowest BCUT2D eigenvalue weighted by atomic mass is 10.2. The lowest BCUT2D eigenvalue weighted by Gasteiger charge is -2.12. The van der Waals surface area contributed by atoms with Crippen LogP contribution in [0.5, 0.6) is 11.5 Å². The zero-order valence-electron chi connectivity index (χ0n) is 10.9. The summed E-state index contributed by atoms with van der Waals surface area (Å²) in [7, 11) is 1.51. The Morgan fingerprint density at radius 2 is 1.95 bits per heavy atom. The lowest BCUT2D eigenvalue weighted by Crippen LogP contribution is -2.00. The Hall–Kier alpha value is -1.78. The first-order chi connectivity index (χ1) is 9.63. The zero-order valence-corrected chi connectivity index (χ0v) is 11.7. The van der Waals surface area contributed by atoms with E-state index in [1.165, 1.54) is 13.2 Å². The van der Waals surface area contributed by atoms with E-state index >= 15 is 0 Å². The minimum absolute atomic E-state index is 0.0673. The van der Waals surface area contributed by atoms with Crippen molar-refractivity contribution in [1.29, 1.82) is 0 Å². The minimum Gasteiger partial charge on any atom is -0.493 e. The molecule has 0 amide bonds. The number of methoxy groups -OCH3 is 1. The Bertz CT molecular complexity index is 602. The molecule has 0 aromatic heterocycles. The molecule has 2 rings (SSSR count). The molecule has 3 nitrogen and oxygen atoms in total. The summed E-state index contributed by atoms with van der Waals surface area (Å²) >= 11 is 5.69. The van der Waals surface area contributed by atoms with Gasteiger partial charge in [-0.25, -0.2) is 4.39 Å². The van der Waals surface area contributed by atoms with Crippen LogP contribution in [0, 0.1) is 5.82 Å². The van der Waals surface area contributed by atoms with Crippen LogP contribution in [-0.4, -0.2) is 12.2 Å². The quantitative estimate of drug-likeness (QED) is 0.917. The topological polar surface area (TPSA) is 38.7 Å². The largest absolute Gasteiger partial charge is 0.493 e. The molecule has 0 spiro atoms. The molecular weight excluding hydrogens is 283 g/mol. The summed E-state index contributed by atoms with van der Waals surface area (Å²) in [5, 5.41) is 9.40. The van der Waals surface area contributed by atoms with E-state index in [1.54, 1.807) is 30.3 Å². The zero-order chi connectivity index (χ0) is 14.5. The number of hydrogen-bond acceptors (Lipinski definition) is 3. The number of aliphatic hydroxyl groups excluding tert-OH is 1. The second-order valence-electron chi connectivity index (χ2n) is 4.17. The fourth-order valence-corrected chi connectivity index (χ4v) is 1.88. The summed E-state index contributed by atoms with van der Waals surface area (Å²) < 4.78 is 24.3. The molecule has 0 saturated heterocycles. The van der Waals surface area contributed by atoms with Gasteiger partial charge in [-0.3, -0.25) is 0 Å². The first-order valence-corrected chi connectivity index (χ1v) is 6.36. The highest BCUT2D eigenvalue weighted by atomic mass is 35.5. The molecule has 2 aromatic carbocycles. The number of ether oxygens (including phenoxy) is 2. The normalized spacial score (nSPS) is 10.4. The van der Waals surface area contributed by atoms with Crippen molar-refractivity contribution in [1.82, 2.24) is 0 Å². The summed E-state index contributed by atoms with van der Waals surface area (Å²) in [5.41, 5.74) is 1.12. The van der Waals surface area contributed by atoms with Crippen LogP contribution in [-0.2, 0) is 13.2 Å². The Balaban J connectivity index is 2.14. The monoisotopic (exact) mass is 296 g/mol. The summed E-state index contributed by atoms with van der Waals surface area (Å²) in [6.45, 7) is -0.0136. The van der Waals surface area contributed by atoms with Crippen LogP contribution in [0.4, 0.5) is 4.39 Å². The average molecular weight is 297 g/mol. The van der Waals surface area contributed by atoms with E-state index < -0.39 is 5.82 Å². The van der Waals surface area contributed by atoms with E-state index in [0.717, 1.165) is 0 Å². The third-order valence-corrected chi connectivity index (χ3v) is 3.04. The second kappa shape index (κ2) is 6.59. The maximum absolute atomic E-state index is 13.6. The number of rotatable bonds is 5. The van der Waals surface area contributed by atoms with Crippen LogP contribution in [0.2, 0.25) is 5.02 Å². The van der Waals surface area contributed by atoms with Gasteiger partial charge in [-0.2, -0.15) is 0 Å². The van der Waals surface area contributed by atoms with Gasteiger partial charge in [0.2, 0.25) is 0 Å². The van der Waals surface area contributed by atoms with Crippen LogP contribution in [0.15, 0.2) is 36.4 Å². The third-order valence-electron chi connectivity index (χ3n) is 2.81. The van der Waals surface area contributed by atoms with Gasteiger partial charge in [-0.1, -0.05) is 23.7 Å². The maximum atomic E-state index is 13.6. The molecule has 2 aromatic rings. The minimum atomic E-state index is -0.413. The molecule has 0 saturated carbocycles. The summed E-state index contributed by atoms with van der Waals surface area (Å²) in [5.74, 6) is 0.563. The van der Waals surface area contributed by atoms with Gasteiger partial charge >= 0.3 is 0 Å². The van der Waals surface area contributed by atoms with E-state index in [9.17, 15) is 4.39 Å². The van der Waals surface area contributed by atoms with Crippen LogP contribution >= 0.6 is 11.6 Å². The van der Waals surface area contributed by atoms with E-state index in [2.05, 4.69) is 0 Å². The van der Waals surface area contributed by atoms with Crippen molar-refractivity contribution in [2.45, 2.75) is 13.2 Å². The SMILES string of the molecule is COc1cc(CO)ccc1OCc1ccc(Cl)cc1F. The first kappa shape index (κ1) is 14.6. The van der Waals surface area contributed by atoms with Crippen LogP contribution < -0.4 is 9.47 Å². The van der Waals surface area contributed by atoms with E-state index in [-0.39, 0.29) is 13.2 Å². The van der Waals surface area contributed by atoms with Gasteiger partial charge in [0.1, 0.15) is 12.4 Å². The molecule has 0 bridgehead atoms. The summed E-state index contributed by atoms with van der Waals surface area (Å²) in [6, 6.07) is 9.50. The first-order valence-electron chi connectivity index (χ1n) is 5.98.